The fourth-order valence-corrected chi connectivity index (χ4v) is 3.30. The number of hydrogen-bond donors (Lipinski definition) is 1. The molecule has 2 unspecified atom stereocenters. The number of aromatic nitrogens is 1. The molecule has 0 radical (unpaired) electrons. The van der Waals surface area contributed by atoms with Crippen LogP contribution in [0.25, 0.3) is 0 Å². The first kappa shape index (κ1) is 11.1. The van der Waals surface area contributed by atoms with Crippen LogP contribution in [0.15, 0.2) is 0 Å². The summed E-state index contributed by atoms with van der Waals surface area (Å²) in [5, 5.41) is 4.86. The molecule has 0 bridgehead atoms. The van der Waals surface area contributed by atoms with Gasteiger partial charge in [0.25, 0.3) is 0 Å². The summed E-state index contributed by atoms with van der Waals surface area (Å²) in [6.45, 7) is 7.56. The number of nitrogens with zero attached hydrogens (tertiary/aromatic N) is 1. The Kier molecular flexibility index (Phi) is 3.42. The van der Waals surface area contributed by atoms with Crippen molar-refractivity contribution in [1.29, 1.82) is 0 Å². The Morgan fingerprint density at radius 1 is 1.40 bits per heavy atom. The number of nitrogens with one attached hydrogen (secondary N) is 1. The van der Waals surface area contributed by atoms with Gasteiger partial charge in [-0.05, 0) is 32.6 Å². The Labute approximate surface area is 96.1 Å². The Morgan fingerprint density at radius 3 is 2.73 bits per heavy atom. The van der Waals surface area contributed by atoms with Gasteiger partial charge in [0.1, 0.15) is 0 Å². The van der Waals surface area contributed by atoms with E-state index in [1.807, 2.05) is 11.3 Å². The third-order valence-corrected chi connectivity index (χ3v) is 4.46. The molecule has 0 aromatic carbocycles. The molecule has 1 fully saturated rings. The number of hydrogen-bond acceptors (Lipinski definition) is 3. The van der Waals surface area contributed by atoms with Crippen molar-refractivity contribution in [3.05, 3.63) is 15.6 Å². The molecule has 1 N–H and O–H groups in total. The molecule has 0 amide bonds. The largest absolute Gasteiger partial charge is 0.309 e. The minimum atomic E-state index is 0.729. The highest BCUT2D eigenvalue weighted by Gasteiger charge is 2.22. The topological polar surface area (TPSA) is 24.9 Å². The van der Waals surface area contributed by atoms with E-state index in [1.54, 1.807) is 0 Å². The molecule has 3 heteroatoms. The zero-order valence-electron chi connectivity index (χ0n) is 9.84. The molecule has 2 nitrogen and oxygen atoms in total. The van der Waals surface area contributed by atoms with E-state index in [4.69, 9.17) is 0 Å². The lowest BCUT2D eigenvalue weighted by Crippen LogP contribution is -2.30. The Hall–Kier alpha value is -0.410. The van der Waals surface area contributed by atoms with Crippen LogP contribution in [-0.4, -0.2) is 11.0 Å². The molecule has 1 saturated carbocycles. The second-order valence-electron chi connectivity index (χ2n) is 4.64. The van der Waals surface area contributed by atoms with Crippen molar-refractivity contribution >= 4 is 11.3 Å². The molecule has 1 aliphatic carbocycles. The van der Waals surface area contributed by atoms with E-state index < -0.39 is 0 Å². The molecule has 84 valence electrons. The highest BCUT2D eigenvalue weighted by molar-refractivity contribution is 7.11. The lowest BCUT2D eigenvalue weighted by atomic mass is 10.1. The minimum absolute atomic E-state index is 0.729. The molecule has 1 heterocycles. The van der Waals surface area contributed by atoms with E-state index in [2.05, 4.69) is 31.1 Å². The van der Waals surface area contributed by atoms with Gasteiger partial charge in [-0.3, -0.25) is 0 Å². The molecule has 1 aliphatic rings. The fraction of sp³-hybridized carbons (Fsp3) is 0.750. The predicted molar refractivity (Wildman–Crippen MR) is 65.2 cm³/mol. The fourth-order valence-electron chi connectivity index (χ4n) is 2.41. The first-order valence-electron chi connectivity index (χ1n) is 5.83. The maximum absolute atomic E-state index is 4.45. The number of aryl methyl sites for hydroxylation is 2. The normalized spacial score (nSPS) is 26.1. The van der Waals surface area contributed by atoms with Crippen LogP contribution in [0.5, 0.6) is 0 Å². The second kappa shape index (κ2) is 4.62. The Morgan fingerprint density at radius 2 is 2.20 bits per heavy atom. The maximum Gasteiger partial charge on any atom is 0.0900 e. The molecule has 15 heavy (non-hydrogen) atoms. The van der Waals surface area contributed by atoms with Crippen molar-refractivity contribution in [3.63, 3.8) is 0 Å². The maximum atomic E-state index is 4.45. The monoisotopic (exact) mass is 224 g/mol. The van der Waals surface area contributed by atoms with Gasteiger partial charge in [0.15, 0.2) is 0 Å². The van der Waals surface area contributed by atoms with Crippen LogP contribution in [0.4, 0.5) is 0 Å². The number of thiazole rings is 1. The first-order chi connectivity index (χ1) is 7.16. The summed E-state index contributed by atoms with van der Waals surface area (Å²) in [6, 6.07) is 0.729. The van der Waals surface area contributed by atoms with Gasteiger partial charge < -0.3 is 5.32 Å². The molecule has 0 aliphatic heterocycles. The average molecular weight is 224 g/mol. The van der Waals surface area contributed by atoms with Crippen LogP contribution < -0.4 is 5.32 Å². The van der Waals surface area contributed by atoms with Gasteiger partial charge in [0, 0.05) is 17.5 Å². The van der Waals surface area contributed by atoms with Crippen LogP contribution in [0.2, 0.25) is 0 Å². The van der Waals surface area contributed by atoms with E-state index in [0.717, 1.165) is 18.5 Å². The van der Waals surface area contributed by atoms with Crippen LogP contribution >= 0.6 is 11.3 Å². The van der Waals surface area contributed by atoms with Gasteiger partial charge in [-0.1, -0.05) is 13.3 Å². The van der Waals surface area contributed by atoms with E-state index >= 15 is 0 Å². The van der Waals surface area contributed by atoms with Crippen LogP contribution in [0, 0.1) is 19.8 Å². The zero-order valence-corrected chi connectivity index (χ0v) is 10.7. The molecule has 1 aromatic heterocycles. The van der Waals surface area contributed by atoms with E-state index in [1.165, 1.54) is 34.8 Å². The molecule has 0 spiro atoms. The lowest BCUT2D eigenvalue weighted by Gasteiger charge is -2.16. The molecule has 0 saturated heterocycles. The van der Waals surface area contributed by atoms with E-state index in [0.29, 0.717) is 0 Å². The van der Waals surface area contributed by atoms with Gasteiger partial charge in [-0.25, -0.2) is 4.98 Å². The molecule has 1 aromatic rings. The third-order valence-electron chi connectivity index (χ3n) is 3.39. The summed E-state index contributed by atoms with van der Waals surface area (Å²) < 4.78 is 0. The molecular weight excluding hydrogens is 204 g/mol. The first-order valence-corrected chi connectivity index (χ1v) is 6.64. The quantitative estimate of drug-likeness (QED) is 0.853. The summed E-state index contributed by atoms with van der Waals surface area (Å²) in [6.07, 6.45) is 4.12. The van der Waals surface area contributed by atoms with Crippen molar-refractivity contribution < 1.29 is 0 Å². The van der Waals surface area contributed by atoms with Crippen molar-refractivity contribution in [2.45, 2.75) is 52.6 Å². The highest BCUT2D eigenvalue weighted by atomic mass is 32.1. The predicted octanol–water partition coefficient (Wildman–Crippen LogP) is 3.04. The molecule has 2 rings (SSSR count). The van der Waals surface area contributed by atoms with Gasteiger partial charge in [-0.2, -0.15) is 0 Å². The van der Waals surface area contributed by atoms with Gasteiger partial charge >= 0.3 is 0 Å². The summed E-state index contributed by atoms with van der Waals surface area (Å²) in [5.41, 5.74) is 1.20. The van der Waals surface area contributed by atoms with Crippen LogP contribution in [0.1, 0.15) is 41.8 Å². The SMILES string of the molecule is Cc1nc(C)c(CNC2CCCC2C)s1. The van der Waals surface area contributed by atoms with Gasteiger partial charge in [0.05, 0.1) is 10.7 Å². The summed E-state index contributed by atoms with van der Waals surface area (Å²) >= 11 is 1.83. The minimum Gasteiger partial charge on any atom is -0.309 e. The second-order valence-corrected chi connectivity index (χ2v) is 5.92. The summed E-state index contributed by atoms with van der Waals surface area (Å²) in [5.74, 6) is 0.847. The van der Waals surface area contributed by atoms with Crippen molar-refractivity contribution in [1.82, 2.24) is 10.3 Å². The van der Waals surface area contributed by atoms with Crippen molar-refractivity contribution in [2.24, 2.45) is 5.92 Å². The molecule has 2 atom stereocenters. The van der Waals surface area contributed by atoms with E-state index in [9.17, 15) is 0 Å². The lowest BCUT2D eigenvalue weighted by molar-refractivity contribution is 0.427. The van der Waals surface area contributed by atoms with Crippen molar-refractivity contribution in [2.75, 3.05) is 0 Å². The van der Waals surface area contributed by atoms with Crippen LogP contribution in [0.3, 0.4) is 0 Å². The zero-order chi connectivity index (χ0) is 10.8. The summed E-state index contributed by atoms with van der Waals surface area (Å²) in [4.78, 5) is 5.86. The van der Waals surface area contributed by atoms with Crippen LogP contribution in [-0.2, 0) is 6.54 Å². The standard InChI is InChI=1S/C12H20N2S/c1-8-5-4-6-11(8)13-7-12-9(2)14-10(3)15-12/h8,11,13H,4-7H2,1-3H3. The number of rotatable bonds is 3. The molecular formula is C12H20N2S. The van der Waals surface area contributed by atoms with E-state index in [-0.39, 0.29) is 0 Å². The smallest absolute Gasteiger partial charge is 0.0900 e. The van der Waals surface area contributed by atoms with Gasteiger partial charge in [0.2, 0.25) is 0 Å². The third kappa shape index (κ3) is 2.58. The highest BCUT2D eigenvalue weighted by Crippen LogP contribution is 2.25. The average Bonchev–Trinajstić information content (AvgIpc) is 2.70. The summed E-state index contributed by atoms with van der Waals surface area (Å²) in [7, 11) is 0. The Bertz CT molecular complexity index is 332. The Balaban J connectivity index is 1.90. The van der Waals surface area contributed by atoms with Gasteiger partial charge in [-0.15, -0.1) is 11.3 Å². The van der Waals surface area contributed by atoms with Crippen molar-refractivity contribution in [3.8, 4) is 0 Å².